The van der Waals surface area contributed by atoms with Gasteiger partial charge in [-0.2, -0.15) is 21.6 Å². The van der Waals surface area contributed by atoms with Gasteiger partial charge in [0.05, 0.1) is 6.61 Å². The van der Waals surface area contributed by atoms with Crippen LogP contribution in [0, 0.1) is 0 Å². The van der Waals surface area contributed by atoms with E-state index in [0.29, 0.717) is 10.2 Å². The number of halogens is 3. The highest BCUT2D eigenvalue weighted by molar-refractivity contribution is 8.03. The van der Waals surface area contributed by atoms with E-state index in [1.807, 2.05) is 13.1 Å². The minimum atomic E-state index is -6.00. The number of rotatable bonds is 8. The molecule has 0 radical (unpaired) electrons. The van der Waals surface area contributed by atoms with E-state index in [0.717, 1.165) is 0 Å². The maximum absolute atomic E-state index is 12.0. The number of sulfonamides is 1. The molecule has 0 aliphatic heterocycles. The van der Waals surface area contributed by atoms with Gasteiger partial charge < -0.3 is 4.43 Å². The Bertz CT molecular complexity index is 515. The van der Waals surface area contributed by atoms with Crippen LogP contribution in [0.5, 0.6) is 0 Å². The van der Waals surface area contributed by atoms with Crippen LogP contribution in [0.3, 0.4) is 0 Å². The van der Waals surface area contributed by atoms with Crippen molar-refractivity contribution < 1.29 is 38.6 Å². The zero-order valence-electron chi connectivity index (χ0n) is 11.0. The molecule has 0 saturated heterocycles. The van der Waals surface area contributed by atoms with Crippen LogP contribution >= 0.6 is 0 Å². The van der Waals surface area contributed by atoms with Gasteiger partial charge in [-0.1, -0.05) is 4.13 Å². The van der Waals surface area contributed by atoms with Crippen LogP contribution in [0.1, 0.15) is 6.42 Å². The zero-order valence-corrected chi connectivity index (χ0v) is 13.7. The first kappa shape index (κ1) is 19.8. The summed E-state index contributed by atoms with van der Waals surface area (Å²) >= 11 is 0. The molecule has 7 nitrogen and oxygen atoms in total. The Balaban J connectivity index is 4.44. The molecule has 1 N–H and O–H groups in total. The van der Waals surface area contributed by atoms with Crippen molar-refractivity contribution in [2.45, 2.75) is 31.1 Å². The van der Waals surface area contributed by atoms with E-state index in [-0.39, 0.29) is 6.42 Å². The second-order valence-electron chi connectivity index (χ2n) is 4.38. The van der Waals surface area contributed by atoms with Crippen molar-refractivity contribution in [2.24, 2.45) is 0 Å². The van der Waals surface area contributed by atoms with Gasteiger partial charge in [0, 0.05) is 7.11 Å². The van der Waals surface area contributed by atoms with Crippen LogP contribution in [-0.4, -0.2) is 44.4 Å². The lowest BCUT2D eigenvalue weighted by molar-refractivity contribution is -0.0442. The van der Waals surface area contributed by atoms with Crippen LogP contribution in [0.25, 0.3) is 0 Å². The highest BCUT2D eigenvalue weighted by atomic mass is 32.3. The van der Waals surface area contributed by atoms with Crippen molar-refractivity contribution in [2.75, 3.05) is 13.7 Å². The van der Waals surface area contributed by atoms with Gasteiger partial charge in [-0.25, -0.2) is 8.42 Å². The van der Waals surface area contributed by atoms with Gasteiger partial charge in [-0.15, -0.1) is 0 Å². The van der Waals surface area contributed by atoms with Crippen molar-refractivity contribution in [3.05, 3.63) is 0 Å². The minimum Gasteiger partial charge on any atom is -0.420 e. The molecule has 0 heterocycles. The van der Waals surface area contributed by atoms with Crippen LogP contribution in [-0.2, 0) is 28.9 Å². The van der Waals surface area contributed by atoms with Crippen LogP contribution in [0.2, 0.25) is 19.1 Å². The Morgan fingerprint density at radius 2 is 1.65 bits per heavy atom. The summed E-state index contributed by atoms with van der Waals surface area (Å²) in [5.41, 5.74) is -5.73. The van der Waals surface area contributed by atoms with Crippen molar-refractivity contribution >= 4 is 28.6 Å². The van der Waals surface area contributed by atoms with E-state index >= 15 is 0 Å². The molecule has 0 rings (SSSR count). The second kappa shape index (κ2) is 6.70. The van der Waals surface area contributed by atoms with Crippen molar-refractivity contribution in [1.82, 2.24) is 4.13 Å². The molecule has 0 amide bonds. The van der Waals surface area contributed by atoms with E-state index in [1.54, 1.807) is 0 Å². The topological polar surface area (TPSA) is 98.8 Å². The summed E-state index contributed by atoms with van der Waals surface area (Å²) in [6.07, 6.45) is 0.208. The minimum absolute atomic E-state index is 0.208. The Morgan fingerprint density at radius 3 is 2.05 bits per heavy atom. The molecule has 0 atom stereocenters. The summed E-state index contributed by atoms with van der Waals surface area (Å²) in [4.78, 5) is 0. The largest absolute Gasteiger partial charge is 0.512 e. The summed E-state index contributed by atoms with van der Waals surface area (Å²) in [7, 11) is -11.5. The first-order valence-corrected chi connectivity index (χ1v) is 11.3. The van der Waals surface area contributed by atoms with Gasteiger partial charge in [0.2, 0.25) is 0 Å². The first-order valence-electron chi connectivity index (χ1n) is 5.27. The average Bonchev–Trinajstić information content (AvgIpc) is 2.21. The van der Waals surface area contributed by atoms with E-state index in [4.69, 9.17) is 4.43 Å². The number of hydrogen-bond acceptors (Lipinski definition) is 6. The van der Waals surface area contributed by atoms with E-state index in [2.05, 4.69) is 4.18 Å². The normalized spacial score (nSPS) is 14.5. The third-order valence-corrected chi connectivity index (χ3v) is 7.67. The highest BCUT2D eigenvalue weighted by Crippen LogP contribution is 2.22. The second-order valence-corrected chi connectivity index (χ2v) is 12.1. The third kappa shape index (κ3) is 6.99. The predicted molar refractivity (Wildman–Crippen MR) is 66.9 cm³/mol. The van der Waals surface area contributed by atoms with Gasteiger partial charge >= 0.3 is 25.8 Å². The molecule has 0 aromatic rings. The lowest BCUT2D eigenvalue weighted by atomic mass is 10.5. The van der Waals surface area contributed by atoms with Gasteiger partial charge in [0.15, 0.2) is 8.32 Å². The van der Waals surface area contributed by atoms with Gasteiger partial charge in [0.25, 0.3) is 0 Å². The van der Waals surface area contributed by atoms with Crippen LogP contribution in [0.15, 0.2) is 0 Å². The number of hydrogen-bond donors (Lipinski definition) is 1. The predicted octanol–water partition coefficient (Wildman–Crippen LogP) is 0.929. The molecule has 0 aliphatic rings. The summed E-state index contributed by atoms with van der Waals surface area (Å²) in [6.45, 7) is 3.27. The molecular formula is C7H16F3NO6S2Si. The standard InChI is InChI=1S/C7H16F3NO6S2Si/c1-16-20(2,3)6-4-5-17-19(14,15)11-18(12,13)7(8,9)10/h11H,4-6H2,1-3H3. The van der Waals surface area contributed by atoms with Crippen LogP contribution in [0.4, 0.5) is 13.2 Å². The smallest absolute Gasteiger partial charge is 0.420 e. The Labute approximate surface area is 116 Å². The molecular weight excluding hydrogens is 343 g/mol. The molecule has 13 heteroatoms. The molecule has 20 heavy (non-hydrogen) atoms. The van der Waals surface area contributed by atoms with Crippen molar-refractivity contribution in [1.29, 1.82) is 0 Å². The van der Waals surface area contributed by atoms with Gasteiger partial charge in [0.1, 0.15) is 0 Å². The zero-order chi connectivity index (χ0) is 16.2. The number of alkyl halides is 3. The summed E-state index contributed by atoms with van der Waals surface area (Å²) in [5, 5.41) is 0. The number of nitrogens with one attached hydrogen (secondary N) is 1. The molecule has 0 unspecified atom stereocenters. The maximum atomic E-state index is 12.0. The van der Waals surface area contributed by atoms with E-state index in [1.165, 1.54) is 7.11 Å². The highest BCUT2D eigenvalue weighted by Gasteiger charge is 2.48. The van der Waals surface area contributed by atoms with Crippen molar-refractivity contribution in [3.8, 4) is 0 Å². The molecule has 0 bridgehead atoms. The lowest BCUT2D eigenvalue weighted by Gasteiger charge is -2.19. The summed E-state index contributed by atoms with van der Waals surface area (Å²) in [5.74, 6) is 0. The van der Waals surface area contributed by atoms with Crippen molar-refractivity contribution in [3.63, 3.8) is 0 Å². The Hall–Kier alpha value is -0.213. The summed E-state index contributed by atoms with van der Waals surface area (Å²) in [6, 6.07) is 0.505. The quantitative estimate of drug-likeness (QED) is 0.511. The molecule has 0 aromatic carbocycles. The van der Waals surface area contributed by atoms with Gasteiger partial charge in [-0.05, 0) is 25.6 Å². The fourth-order valence-corrected chi connectivity index (χ4v) is 4.16. The van der Waals surface area contributed by atoms with Crippen LogP contribution < -0.4 is 4.13 Å². The molecule has 0 aliphatic carbocycles. The Kier molecular flexibility index (Phi) is 6.63. The first-order chi connectivity index (χ1) is 8.72. The molecule has 0 aromatic heterocycles. The SMILES string of the molecule is CO[Si](C)(C)CCCOS(=O)(=O)NS(=O)(=O)C(F)(F)F. The molecule has 0 fully saturated rings. The molecule has 0 spiro atoms. The summed E-state index contributed by atoms with van der Waals surface area (Å²) < 4.78 is 89.0. The fourth-order valence-electron chi connectivity index (χ4n) is 0.974. The maximum Gasteiger partial charge on any atom is 0.512 e. The fraction of sp³-hybridized carbons (Fsp3) is 1.00. The molecule has 0 saturated carbocycles. The van der Waals surface area contributed by atoms with Gasteiger partial charge in [-0.3, -0.25) is 4.18 Å². The third-order valence-electron chi connectivity index (χ3n) is 2.23. The van der Waals surface area contributed by atoms with E-state index < -0.39 is 40.8 Å². The van der Waals surface area contributed by atoms with E-state index in [9.17, 15) is 30.0 Å². The molecule has 122 valence electrons. The average molecular weight is 359 g/mol. The monoisotopic (exact) mass is 359 g/mol. The lowest BCUT2D eigenvalue weighted by Crippen LogP contribution is -2.41. The Morgan fingerprint density at radius 1 is 1.15 bits per heavy atom.